The van der Waals surface area contributed by atoms with Gasteiger partial charge in [0.05, 0.1) is 0 Å². The molecule has 0 aromatic carbocycles. The standard InChI is InChI=1S/C11H20/c1-4-6-7-8-9-10-11(3)5-2/h5,7-8H,4,6,9-10H2,1-3H3. The number of unbranched alkanes of at least 4 members (excludes halogenated alkanes) is 1. The number of hydrogen-bond acceptors (Lipinski definition) is 0. The molecule has 0 aromatic heterocycles. The molecule has 0 spiro atoms. The molecule has 11 heavy (non-hydrogen) atoms. The average molecular weight is 152 g/mol. The summed E-state index contributed by atoms with van der Waals surface area (Å²) in [4.78, 5) is 0. The molecule has 0 saturated heterocycles. The van der Waals surface area contributed by atoms with Gasteiger partial charge in [0, 0.05) is 0 Å². The van der Waals surface area contributed by atoms with Crippen LogP contribution in [0.15, 0.2) is 23.8 Å². The molecule has 0 aliphatic rings. The van der Waals surface area contributed by atoms with E-state index in [1.54, 1.807) is 0 Å². The van der Waals surface area contributed by atoms with Crippen LogP contribution in [0.25, 0.3) is 0 Å². The topological polar surface area (TPSA) is 0 Å². The van der Waals surface area contributed by atoms with Crippen LogP contribution in [0.5, 0.6) is 0 Å². The van der Waals surface area contributed by atoms with Gasteiger partial charge in [0.25, 0.3) is 0 Å². The first-order valence-electron chi connectivity index (χ1n) is 4.58. The van der Waals surface area contributed by atoms with E-state index in [0.29, 0.717) is 0 Å². The average Bonchev–Trinajstić information content (AvgIpc) is 2.04. The van der Waals surface area contributed by atoms with Crippen molar-refractivity contribution in [3.05, 3.63) is 23.8 Å². The molecular weight excluding hydrogens is 132 g/mol. The third-order valence-corrected chi connectivity index (χ3v) is 1.82. The maximum Gasteiger partial charge on any atom is -0.0288 e. The maximum absolute atomic E-state index is 2.29. The summed E-state index contributed by atoms with van der Waals surface area (Å²) in [7, 11) is 0. The lowest BCUT2D eigenvalue weighted by Crippen LogP contribution is -1.73. The molecule has 0 saturated carbocycles. The lowest BCUT2D eigenvalue weighted by Gasteiger charge is -1.94. The highest BCUT2D eigenvalue weighted by Gasteiger charge is 1.83. The van der Waals surface area contributed by atoms with Crippen LogP contribution < -0.4 is 0 Å². The summed E-state index contributed by atoms with van der Waals surface area (Å²) in [5.74, 6) is 0. The van der Waals surface area contributed by atoms with Gasteiger partial charge >= 0.3 is 0 Å². The summed E-state index contributed by atoms with van der Waals surface area (Å²) in [5.41, 5.74) is 1.49. The van der Waals surface area contributed by atoms with Gasteiger partial charge in [-0.15, -0.1) is 0 Å². The van der Waals surface area contributed by atoms with Gasteiger partial charge in [0.2, 0.25) is 0 Å². The normalized spacial score (nSPS) is 12.8. The van der Waals surface area contributed by atoms with Gasteiger partial charge in [0.15, 0.2) is 0 Å². The van der Waals surface area contributed by atoms with Crippen molar-refractivity contribution in [1.29, 1.82) is 0 Å². The van der Waals surface area contributed by atoms with Crippen LogP contribution >= 0.6 is 0 Å². The van der Waals surface area contributed by atoms with Crippen molar-refractivity contribution in [2.45, 2.75) is 46.5 Å². The zero-order chi connectivity index (χ0) is 8.53. The largest absolute Gasteiger partial charge is 0.0887 e. The van der Waals surface area contributed by atoms with E-state index in [9.17, 15) is 0 Å². The lowest BCUT2D eigenvalue weighted by atomic mass is 10.1. The summed E-state index contributed by atoms with van der Waals surface area (Å²) in [6, 6.07) is 0. The predicted molar refractivity (Wildman–Crippen MR) is 52.7 cm³/mol. The van der Waals surface area contributed by atoms with E-state index in [4.69, 9.17) is 0 Å². The van der Waals surface area contributed by atoms with Crippen LogP contribution in [0.2, 0.25) is 0 Å². The molecular formula is C11H20. The Morgan fingerprint density at radius 2 is 1.82 bits per heavy atom. The molecule has 0 radical (unpaired) electrons. The Bertz CT molecular complexity index is 129. The van der Waals surface area contributed by atoms with Gasteiger partial charge in [0.1, 0.15) is 0 Å². The Morgan fingerprint density at radius 3 is 2.36 bits per heavy atom. The quantitative estimate of drug-likeness (QED) is 0.520. The van der Waals surface area contributed by atoms with Crippen LogP contribution in [-0.2, 0) is 0 Å². The van der Waals surface area contributed by atoms with Crippen molar-refractivity contribution in [1.82, 2.24) is 0 Å². The Kier molecular flexibility index (Phi) is 7.23. The molecule has 64 valence electrons. The molecule has 0 amide bonds. The van der Waals surface area contributed by atoms with Gasteiger partial charge in [-0.05, 0) is 33.1 Å². The Morgan fingerprint density at radius 1 is 1.18 bits per heavy atom. The molecule has 0 bridgehead atoms. The van der Waals surface area contributed by atoms with E-state index in [-0.39, 0.29) is 0 Å². The van der Waals surface area contributed by atoms with E-state index in [1.807, 2.05) is 0 Å². The van der Waals surface area contributed by atoms with Gasteiger partial charge in [-0.3, -0.25) is 0 Å². The van der Waals surface area contributed by atoms with Gasteiger partial charge in [-0.2, -0.15) is 0 Å². The number of rotatable bonds is 5. The fourth-order valence-electron chi connectivity index (χ4n) is 0.858. The van der Waals surface area contributed by atoms with Gasteiger partial charge in [-0.25, -0.2) is 0 Å². The smallest absolute Gasteiger partial charge is 0.0288 e. The van der Waals surface area contributed by atoms with Gasteiger partial charge < -0.3 is 0 Å². The second-order valence-electron chi connectivity index (χ2n) is 2.93. The third-order valence-electron chi connectivity index (χ3n) is 1.82. The monoisotopic (exact) mass is 152 g/mol. The Hall–Kier alpha value is -0.520. The minimum absolute atomic E-state index is 1.20. The summed E-state index contributed by atoms with van der Waals surface area (Å²) in [6.45, 7) is 6.50. The highest BCUT2D eigenvalue weighted by molar-refractivity contribution is 4.97. The van der Waals surface area contributed by atoms with Gasteiger partial charge in [-0.1, -0.05) is 37.1 Å². The molecule has 0 heterocycles. The number of allylic oxidation sites excluding steroid dienone is 4. The van der Waals surface area contributed by atoms with E-state index in [1.165, 1.54) is 31.3 Å². The van der Waals surface area contributed by atoms with Crippen LogP contribution in [-0.4, -0.2) is 0 Å². The van der Waals surface area contributed by atoms with Crippen LogP contribution in [0.4, 0.5) is 0 Å². The number of hydrogen-bond donors (Lipinski definition) is 0. The zero-order valence-electron chi connectivity index (χ0n) is 8.06. The Labute approximate surface area is 71.0 Å². The molecule has 0 nitrogen and oxygen atoms in total. The maximum atomic E-state index is 2.29. The van der Waals surface area contributed by atoms with Crippen molar-refractivity contribution in [2.75, 3.05) is 0 Å². The van der Waals surface area contributed by atoms with Crippen molar-refractivity contribution >= 4 is 0 Å². The minimum atomic E-state index is 1.20. The second kappa shape index (κ2) is 7.59. The van der Waals surface area contributed by atoms with Crippen LogP contribution in [0.1, 0.15) is 46.5 Å². The fraction of sp³-hybridized carbons (Fsp3) is 0.636. The van der Waals surface area contributed by atoms with E-state index in [2.05, 4.69) is 39.0 Å². The summed E-state index contributed by atoms with van der Waals surface area (Å²) < 4.78 is 0. The first-order chi connectivity index (χ1) is 5.31. The molecule has 0 N–H and O–H groups in total. The summed E-state index contributed by atoms with van der Waals surface area (Å²) >= 11 is 0. The summed E-state index contributed by atoms with van der Waals surface area (Å²) in [6.07, 6.45) is 11.7. The minimum Gasteiger partial charge on any atom is -0.0887 e. The SMILES string of the molecule is CC=C(C)CCC=CCCC. The van der Waals surface area contributed by atoms with E-state index in [0.717, 1.165) is 0 Å². The highest BCUT2D eigenvalue weighted by Crippen LogP contribution is 2.04. The third kappa shape index (κ3) is 7.38. The van der Waals surface area contributed by atoms with Crippen molar-refractivity contribution in [2.24, 2.45) is 0 Å². The van der Waals surface area contributed by atoms with Crippen LogP contribution in [0, 0.1) is 0 Å². The molecule has 0 unspecified atom stereocenters. The van der Waals surface area contributed by atoms with Crippen molar-refractivity contribution in [3.63, 3.8) is 0 Å². The van der Waals surface area contributed by atoms with Crippen LogP contribution in [0.3, 0.4) is 0 Å². The molecule has 0 aliphatic heterocycles. The second-order valence-corrected chi connectivity index (χ2v) is 2.93. The first-order valence-corrected chi connectivity index (χ1v) is 4.58. The Balaban J connectivity index is 3.26. The van der Waals surface area contributed by atoms with Crippen molar-refractivity contribution < 1.29 is 0 Å². The van der Waals surface area contributed by atoms with E-state index >= 15 is 0 Å². The predicted octanol–water partition coefficient (Wildman–Crippen LogP) is 4.09. The molecule has 0 aromatic rings. The van der Waals surface area contributed by atoms with E-state index < -0.39 is 0 Å². The highest BCUT2D eigenvalue weighted by atomic mass is 13.9. The molecule has 0 heteroatoms. The summed E-state index contributed by atoms with van der Waals surface area (Å²) in [5, 5.41) is 0. The zero-order valence-corrected chi connectivity index (χ0v) is 8.06. The molecule has 0 fully saturated rings. The van der Waals surface area contributed by atoms with Crippen molar-refractivity contribution in [3.8, 4) is 0 Å². The first kappa shape index (κ1) is 10.5. The molecule has 0 aliphatic carbocycles. The molecule has 0 rings (SSSR count). The lowest BCUT2D eigenvalue weighted by molar-refractivity contribution is 0.929. The fourth-order valence-corrected chi connectivity index (χ4v) is 0.858. The molecule has 0 atom stereocenters.